The first-order chi connectivity index (χ1) is 14.2. The van der Waals surface area contributed by atoms with Crippen LogP contribution in [0.25, 0.3) is 11.6 Å². The smallest absolute Gasteiger partial charge is 0.276 e. The van der Waals surface area contributed by atoms with Crippen LogP contribution in [0, 0.1) is 0 Å². The maximum absolute atomic E-state index is 13.1. The zero-order valence-electron chi connectivity index (χ0n) is 16.4. The van der Waals surface area contributed by atoms with Gasteiger partial charge < -0.3 is 18.9 Å². The first-order valence-electron chi connectivity index (χ1n) is 9.46. The highest BCUT2D eigenvalue weighted by molar-refractivity contribution is 5.97. The van der Waals surface area contributed by atoms with Crippen molar-refractivity contribution >= 4 is 5.91 Å². The molecule has 4 rings (SSSR count). The van der Waals surface area contributed by atoms with Crippen LogP contribution in [-0.4, -0.2) is 53.2 Å². The standard InChI is InChI=1S/C21H22N4O4/c1-27-15-8-9-16(18(12-15)28-2)21(26)25-11-5-6-14(13-25)19-23-20(29-24-19)17-7-3-4-10-22-17/h3-4,7-10,12,14H,5-6,11,13H2,1-2H3. The molecule has 1 aliphatic heterocycles. The molecule has 1 fully saturated rings. The first-order valence-corrected chi connectivity index (χ1v) is 9.46. The van der Waals surface area contributed by atoms with Crippen molar-refractivity contribution in [1.29, 1.82) is 0 Å². The summed E-state index contributed by atoms with van der Waals surface area (Å²) >= 11 is 0. The van der Waals surface area contributed by atoms with Crippen molar-refractivity contribution in [3.63, 3.8) is 0 Å². The fourth-order valence-corrected chi connectivity index (χ4v) is 3.51. The highest BCUT2D eigenvalue weighted by Gasteiger charge is 2.30. The Morgan fingerprint density at radius 2 is 2.10 bits per heavy atom. The summed E-state index contributed by atoms with van der Waals surface area (Å²) in [5.74, 6) is 2.06. The zero-order chi connectivity index (χ0) is 20.2. The number of likely N-dealkylation sites (tertiary alicyclic amines) is 1. The number of hydrogen-bond acceptors (Lipinski definition) is 7. The molecule has 0 radical (unpaired) electrons. The van der Waals surface area contributed by atoms with Crippen LogP contribution >= 0.6 is 0 Å². The third-order valence-corrected chi connectivity index (χ3v) is 5.04. The van der Waals surface area contributed by atoms with Crippen LogP contribution in [0.1, 0.15) is 34.9 Å². The Balaban J connectivity index is 1.52. The van der Waals surface area contributed by atoms with Gasteiger partial charge in [-0.3, -0.25) is 9.78 Å². The molecule has 1 aliphatic rings. The molecule has 1 aromatic carbocycles. The predicted molar refractivity (Wildman–Crippen MR) is 105 cm³/mol. The highest BCUT2D eigenvalue weighted by Crippen LogP contribution is 2.30. The van der Waals surface area contributed by atoms with E-state index in [2.05, 4.69) is 15.1 Å². The average molecular weight is 394 g/mol. The highest BCUT2D eigenvalue weighted by atomic mass is 16.5. The number of piperidine rings is 1. The molecule has 1 saturated heterocycles. The second-order valence-electron chi connectivity index (χ2n) is 6.83. The molecule has 0 saturated carbocycles. The minimum atomic E-state index is -0.0809. The number of aromatic nitrogens is 3. The van der Waals surface area contributed by atoms with Gasteiger partial charge in [-0.25, -0.2) is 0 Å². The van der Waals surface area contributed by atoms with Gasteiger partial charge >= 0.3 is 0 Å². The summed E-state index contributed by atoms with van der Waals surface area (Å²) in [4.78, 5) is 23.7. The summed E-state index contributed by atoms with van der Waals surface area (Å²) in [6.07, 6.45) is 3.44. The van der Waals surface area contributed by atoms with Crippen LogP contribution in [0.2, 0.25) is 0 Å². The minimum Gasteiger partial charge on any atom is -0.497 e. The fourth-order valence-electron chi connectivity index (χ4n) is 3.51. The predicted octanol–water partition coefficient (Wildman–Crippen LogP) is 3.17. The summed E-state index contributed by atoms with van der Waals surface area (Å²) in [6.45, 7) is 1.20. The van der Waals surface area contributed by atoms with Gasteiger partial charge in [0.05, 0.1) is 19.8 Å². The van der Waals surface area contributed by atoms with Crippen LogP contribution in [0.15, 0.2) is 47.1 Å². The second kappa shape index (κ2) is 8.30. The van der Waals surface area contributed by atoms with E-state index in [1.807, 2.05) is 23.1 Å². The SMILES string of the molecule is COc1ccc(C(=O)N2CCCC(c3noc(-c4ccccn4)n3)C2)c(OC)c1. The van der Waals surface area contributed by atoms with E-state index < -0.39 is 0 Å². The van der Waals surface area contributed by atoms with Gasteiger partial charge in [0.2, 0.25) is 0 Å². The van der Waals surface area contributed by atoms with Crippen LogP contribution in [0.3, 0.4) is 0 Å². The lowest BCUT2D eigenvalue weighted by Crippen LogP contribution is -2.39. The molecule has 8 nitrogen and oxygen atoms in total. The van der Waals surface area contributed by atoms with Crippen LogP contribution in [-0.2, 0) is 0 Å². The lowest BCUT2D eigenvalue weighted by atomic mass is 9.96. The van der Waals surface area contributed by atoms with Gasteiger partial charge in [-0.15, -0.1) is 0 Å². The molecule has 0 aliphatic carbocycles. The van der Waals surface area contributed by atoms with Crippen molar-refractivity contribution < 1.29 is 18.8 Å². The number of methoxy groups -OCH3 is 2. The molecule has 29 heavy (non-hydrogen) atoms. The molecule has 0 bridgehead atoms. The maximum atomic E-state index is 13.1. The van der Waals surface area contributed by atoms with Gasteiger partial charge in [0, 0.05) is 31.3 Å². The molecule has 0 N–H and O–H groups in total. The summed E-state index contributed by atoms with van der Waals surface area (Å²) in [5, 5.41) is 4.13. The van der Waals surface area contributed by atoms with E-state index in [0.717, 1.165) is 12.8 Å². The van der Waals surface area contributed by atoms with Crippen LogP contribution in [0.4, 0.5) is 0 Å². The number of pyridine rings is 1. The molecule has 1 amide bonds. The summed E-state index contributed by atoms with van der Waals surface area (Å²) < 4.78 is 16.0. The van der Waals surface area contributed by atoms with Crippen molar-refractivity contribution in [2.24, 2.45) is 0 Å². The van der Waals surface area contributed by atoms with E-state index in [1.165, 1.54) is 0 Å². The number of carbonyl (C=O) groups excluding carboxylic acids is 1. The summed E-state index contributed by atoms with van der Waals surface area (Å²) in [6, 6.07) is 10.7. The Labute approximate surface area is 168 Å². The van der Waals surface area contributed by atoms with Gasteiger partial charge in [0.15, 0.2) is 5.82 Å². The Hall–Kier alpha value is -3.42. The van der Waals surface area contributed by atoms with E-state index in [0.29, 0.717) is 47.6 Å². The number of benzene rings is 1. The Morgan fingerprint density at radius 3 is 2.86 bits per heavy atom. The molecule has 1 atom stereocenters. The van der Waals surface area contributed by atoms with Gasteiger partial charge in [0.25, 0.3) is 11.8 Å². The van der Waals surface area contributed by atoms with Crippen molar-refractivity contribution in [2.75, 3.05) is 27.3 Å². The Morgan fingerprint density at radius 1 is 1.21 bits per heavy atom. The topological polar surface area (TPSA) is 90.6 Å². The van der Waals surface area contributed by atoms with E-state index in [9.17, 15) is 4.79 Å². The lowest BCUT2D eigenvalue weighted by molar-refractivity contribution is 0.0700. The van der Waals surface area contributed by atoms with Crippen molar-refractivity contribution in [1.82, 2.24) is 20.0 Å². The third kappa shape index (κ3) is 3.91. The summed E-state index contributed by atoms with van der Waals surface area (Å²) in [7, 11) is 3.12. The zero-order valence-corrected chi connectivity index (χ0v) is 16.4. The molecule has 3 aromatic rings. The number of hydrogen-bond donors (Lipinski definition) is 0. The molecule has 8 heteroatoms. The van der Waals surface area contributed by atoms with E-state index >= 15 is 0 Å². The van der Waals surface area contributed by atoms with Crippen LogP contribution in [0.5, 0.6) is 11.5 Å². The van der Waals surface area contributed by atoms with Crippen molar-refractivity contribution in [3.8, 4) is 23.1 Å². The van der Waals surface area contributed by atoms with E-state index in [-0.39, 0.29) is 11.8 Å². The van der Waals surface area contributed by atoms with E-state index in [1.54, 1.807) is 38.6 Å². The summed E-state index contributed by atoms with van der Waals surface area (Å²) in [5.41, 5.74) is 1.15. The minimum absolute atomic E-state index is 0.0122. The fraction of sp³-hybridized carbons (Fsp3) is 0.333. The number of nitrogens with zero attached hydrogens (tertiary/aromatic N) is 4. The maximum Gasteiger partial charge on any atom is 0.276 e. The average Bonchev–Trinajstić information content (AvgIpc) is 3.29. The van der Waals surface area contributed by atoms with Gasteiger partial charge in [-0.2, -0.15) is 4.98 Å². The molecular weight excluding hydrogens is 372 g/mol. The molecule has 0 spiro atoms. The largest absolute Gasteiger partial charge is 0.497 e. The first kappa shape index (κ1) is 18.9. The number of carbonyl (C=O) groups is 1. The monoisotopic (exact) mass is 394 g/mol. The van der Waals surface area contributed by atoms with Gasteiger partial charge in [-0.05, 0) is 37.1 Å². The number of ether oxygens (including phenoxy) is 2. The lowest BCUT2D eigenvalue weighted by Gasteiger charge is -2.31. The van der Waals surface area contributed by atoms with E-state index in [4.69, 9.17) is 14.0 Å². The number of rotatable bonds is 5. The number of amides is 1. The van der Waals surface area contributed by atoms with Gasteiger partial charge in [0.1, 0.15) is 17.2 Å². The van der Waals surface area contributed by atoms with Crippen LogP contribution < -0.4 is 9.47 Å². The van der Waals surface area contributed by atoms with Gasteiger partial charge in [-0.1, -0.05) is 11.2 Å². The molecular formula is C21H22N4O4. The quantitative estimate of drug-likeness (QED) is 0.656. The Kier molecular flexibility index (Phi) is 5.41. The molecule has 3 heterocycles. The normalized spacial score (nSPS) is 16.5. The van der Waals surface area contributed by atoms with Crippen molar-refractivity contribution in [3.05, 3.63) is 54.0 Å². The molecule has 150 valence electrons. The third-order valence-electron chi connectivity index (χ3n) is 5.04. The van der Waals surface area contributed by atoms with Crippen molar-refractivity contribution in [2.45, 2.75) is 18.8 Å². The molecule has 1 unspecified atom stereocenters. The molecule has 2 aromatic heterocycles. The second-order valence-corrected chi connectivity index (χ2v) is 6.83. The Bertz CT molecular complexity index is 989.